The van der Waals surface area contributed by atoms with E-state index in [9.17, 15) is 0 Å². The van der Waals surface area contributed by atoms with Gasteiger partial charge in [0.1, 0.15) is 0 Å². The Hall–Kier alpha value is -1.89. The fraction of sp³-hybridized carbons (Fsp3) is 0.519. The van der Waals surface area contributed by atoms with E-state index in [4.69, 9.17) is 0 Å². The highest BCUT2D eigenvalue weighted by Gasteiger charge is 2.26. The lowest BCUT2D eigenvalue weighted by atomic mass is 9.73. The van der Waals surface area contributed by atoms with Gasteiger partial charge in [-0.25, -0.2) is 0 Å². The molecule has 1 aliphatic carbocycles. The topological polar surface area (TPSA) is 12.9 Å². The standard InChI is InChI=1S/C27H37N/c1-5-25(24-15-9-17-28-19-24)27-21(4)11-7-16-26(27)23-14-8-13-22(18-23)12-6-10-20(2)3/h5,7,9,11,15-17,19-20,22-23H,6,8,10,12-14,18H2,1-4H3/b25-5-. The smallest absolute Gasteiger partial charge is 0.0346 e. The van der Waals surface area contributed by atoms with E-state index in [0.717, 1.165) is 11.8 Å². The van der Waals surface area contributed by atoms with Gasteiger partial charge in [0.05, 0.1) is 0 Å². The normalized spacial score (nSPS) is 20.5. The second-order valence-corrected chi connectivity index (χ2v) is 9.04. The van der Waals surface area contributed by atoms with E-state index < -0.39 is 0 Å². The van der Waals surface area contributed by atoms with Crippen LogP contribution in [0.3, 0.4) is 0 Å². The Kier molecular flexibility index (Phi) is 7.48. The van der Waals surface area contributed by atoms with Crippen LogP contribution >= 0.6 is 0 Å². The van der Waals surface area contributed by atoms with Crippen LogP contribution in [0.15, 0.2) is 48.8 Å². The van der Waals surface area contributed by atoms with Crippen molar-refractivity contribution in [3.63, 3.8) is 0 Å². The summed E-state index contributed by atoms with van der Waals surface area (Å²) >= 11 is 0. The van der Waals surface area contributed by atoms with Crippen LogP contribution in [0.5, 0.6) is 0 Å². The first kappa shape index (κ1) is 20.8. The number of aromatic nitrogens is 1. The molecule has 0 aliphatic heterocycles. The second kappa shape index (κ2) is 10.0. The van der Waals surface area contributed by atoms with Crippen LogP contribution in [0.4, 0.5) is 0 Å². The SMILES string of the molecule is C/C=C(/c1cccnc1)c1c(C)cccc1C1CCCC(CCCC(C)C)C1. The summed E-state index contributed by atoms with van der Waals surface area (Å²) in [6, 6.07) is 11.1. The maximum Gasteiger partial charge on any atom is 0.0346 e. The van der Waals surface area contributed by atoms with Gasteiger partial charge < -0.3 is 0 Å². The van der Waals surface area contributed by atoms with Gasteiger partial charge in [-0.1, -0.05) is 76.3 Å². The second-order valence-electron chi connectivity index (χ2n) is 9.04. The van der Waals surface area contributed by atoms with Gasteiger partial charge in [0.2, 0.25) is 0 Å². The molecule has 1 aromatic heterocycles. The lowest BCUT2D eigenvalue weighted by Gasteiger charge is -2.32. The molecular weight excluding hydrogens is 338 g/mol. The molecule has 3 rings (SSSR count). The van der Waals surface area contributed by atoms with E-state index in [-0.39, 0.29) is 0 Å². The number of nitrogens with zero attached hydrogens (tertiary/aromatic N) is 1. The Morgan fingerprint density at radius 2 is 2.04 bits per heavy atom. The average molecular weight is 376 g/mol. The summed E-state index contributed by atoms with van der Waals surface area (Å²) in [5, 5.41) is 0. The molecule has 0 amide bonds. The molecule has 28 heavy (non-hydrogen) atoms. The average Bonchev–Trinajstić information content (AvgIpc) is 2.70. The van der Waals surface area contributed by atoms with Crippen molar-refractivity contribution in [2.24, 2.45) is 11.8 Å². The summed E-state index contributed by atoms with van der Waals surface area (Å²) < 4.78 is 0. The first-order valence-corrected chi connectivity index (χ1v) is 11.3. The Balaban J connectivity index is 1.85. The molecule has 150 valence electrons. The lowest BCUT2D eigenvalue weighted by Crippen LogP contribution is -2.16. The number of hydrogen-bond acceptors (Lipinski definition) is 1. The number of aryl methyl sites for hydroxylation is 1. The van der Waals surface area contributed by atoms with E-state index >= 15 is 0 Å². The molecule has 1 aromatic carbocycles. The minimum absolute atomic E-state index is 0.694. The molecule has 0 bridgehead atoms. The molecular formula is C27H37N. The fourth-order valence-corrected chi connectivity index (χ4v) is 5.03. The fourth-order valence-electron chi connectivity index (χ4n) is 5.03. The molecule has 1 aliphatic rings. The Morgan fingerprint density at radius 1 is 1.18 bits per heavy atom. The molecule has 1 heteroatoms. The molecule has 2 aromatic rings. The third-order valence-corrected chi connectivity index (χ3v) is 6.45. The highest BCUT2D eigenvalue weighted by Crippen LogP contribution is 2.42. The van der Waals surface area contributed by atoms with Gasteiger partial charge in [0.25, 0.3) is 0 Å². The summed E-state index contributed by atoms with van der Waals surface area (Å²) in [6.07, 6.45) is 15.8. The number of benzene rings is 1. The van der Waals surface area contributed by atoms with Crippen molar-refractivity contribution in [3.05, 3.63) is 71.1 Å². The van der Waals surface area contributed by atoms with E-state index in [1.165, 1.54) is 67.2 Å². The van der Waals surface area contributed by atoms with E-state index in [0.29, 0.717) is 5.92 Å². The van der Waals surface area contributed by atoms with Gasteiger partial charge in [0.15, 0.2) is 0 Å². The predicted octanol–water partition coefficient (Wildman–Crippen LogP) is 7.94. The first-order chi connectivity index (χ1) is 13.6. The van der Waals surface area contributed by atoms with Crippen molar-refractivity contribution in [1.82, 2.24) is 4.98 Å². The van der Waals surface area contributed by atoms with Crippen molar-refractivity contribution in [2.45, 2.75) is 78.6 Å². The first-order valence-electron chi connectivity index (χ1n) is 11.3. The van der Waals surface area contributed by atoms with Gasteiger partial charge in [0, 0.05) is 18.0 Å². The number of hydrogen-bond donors (Lipinski definition) is 0. The third kappa shape index (κ3) is 5.13. The van der Waals surface area contributed by atoms with E-state index in [2.05, 4.69) is 63.0 Å². The van der Waals surface area contributed by atoms with Crippen molar-refractivity contribution in [3.8, 4) is 0 Å². The van der Waals surface area contributed by atoms with E-state index in [1.54, 1.807) is 5.56 Å². The van der Waals surface area contributed by atoms with Crippen LogP contribution in [-0.2, 0) is 0 Å². The molecule has 0 radical (unpaired) electrons. The zero-order valence-corrected chi connectivity index (χ0v) is 18.2. The summed E-state index contributed by atoms with van der Waals surface area (Å²) in [6.45, 7) is 9.12. The highest BCUT2D eigenvalue weighted by molar-refractivity contribution is 5.82. The van der Waals surface area contributed by atoms with E-state index in [1.807, 2.05) is 18.5 Å². The van der Waals surface area contributed by atoms with Gasteiger partial charge in [-0.15, -0.1) is 0 Å². The van der Waals surface area contributed by atoms with Crippen LogP contribution in [-0.4, -0.2) is 4.98 Å². The van der Waals surface area contributed by atoms with Crippen LogP contribution in [0, 0.1) is 18.8 Å². The minimum Gasteiger partial charge on any atom is -0.264 e. The number of pyridine rings is 1. The molecule has 1 heterocycles. The number of rotatable bonds is 7. The zero-order valence-electron chi connectivity index (χ0n) is 18.2. The lowest BCUT2D eigenvalue weighted by molar-refractivity contribution is 0.294. The Bertz CT molecular complexity index is 772. The molecule has 0 spiro atoms. The van der Waals surface area contributed by atoms with Crippen LogP contribution in [0.1, 0.15) is 93.9 Å². The summed E-state index contributed by atoms with van der Waals surface area (Å²) in [4.78, 5) is 4.37. The Morgan fingerprint density at radius 3 is 2.75 bits per heavy atom. The predicted molar refractivity (Wildman–Crippen MR) is 122 cm³/mol. The maximum absolute atomic E-state index is 4.37. The quantitative estimate of drug-likeness (QED) is 0.478. The Labute approximate surface area is 172 Å². The van der Waals surface area contributed by atoms with Gasteiger partial charge in [-0.05, 0) is 72.8 Å². The molecule has 1 fully saturated rings. The molecule has 1 nitrogen and oxygen atoms in total. The monoisotopic (exact) mass is 375 g/mol. The van der Waals surface area contributed by atoms with Crippen molar-refractivity contribution in [2.75, 3.05) is 0 Å². The molecule has 1 saturated carbocycles. The van der Waals surface area contributed by atoms with Gasteiger partial charge >= 0.3 is 0 Å². The summed E-state index contributed by atoms with van der Waals surface area (Å²) in [5.74, 6) is 2.43. The van der Waals surface area contributed by atoms with Crippen LogP contribution in [0.25, 0.3) is 5.57 Å². The van der Waals surface area contributed by atoms with Crippen LogP contribution < -0.4 is 0 Å². The van der Waals surface area contributed by atoms with Crippen LogP contribution in [0.2, 0.25) is 0 Å². The molecule has 2 unspecified atom stereocenters. The largest absolute Gasteiger partial charge is 0.264 e. The summed E-state index contributed by atoms with van der Waals surface area (Å²) in [5.41, 5.74) is 6.96. The molecule has 2 atom stereocenters. The minimum atomic E-state index is 0.694. The third-order valence-electron chi connectivity index (χ3n) is 6.45. The maximum atomic E-state index is 4.37. The zero-order chi connectivity index (χ0) is 19.9. The van der Waals surface area contributed by atoms with Gasteiger partial charge in [-0.3, -0.25) is 4.98 Å². The highest BCUT2D eigenvalue weighted by atomic mass is 14.6. The van der Waals surface area contributed by atoms with Gasteiger partial charge in [-0.2, -0.15) is 0 Å². The molecule has 0 N–H and O–H groups in total. The van der Waals surface area contributed by atoms with Crippen molar-refractivity contribution < 1.29 is 0 Å². The number of allylic oxidation sites excluding steroid dienone is 1. The molecule has 0 saturated heterocycles. The summed E-state index contributed by atoms with van der Waals surface area (Å²) in [7, 11) is 0. The van der Waals surface area contributed by atoms with Crippen molar-refractivity contribution in [1.29, 1.82) is 0 Å². The van der Waals surface area contributed by atoms with Crippen molar-refractivity contribution >= 4 is 5.57 Å².